The van der Waals surface area contributed by atoms with Crippen molar-refractivity contribution in [3.8, 4) is 0 Å². The molecule has 2 heterocycles. The van der Waals surface area contributed by atoms with Crippen molar-refractivity contribution in [3.05, 3.63) is 78.5 Å². The molecule has 1 saturated heterocycles. The quantitative estimate of drug-likeness (QED) is 0.715. The first-order valence-corrected chi connectivity index (χ1v) is 10.4. The van der Waals surface area contributed by atoms with Gasteiger partial charge in [-0.15, -0.1) is 0 Å². The Morgan fingerprint density at radius 3 is 2.46 bits per heavy atom. The lowest BCUT2D eigenvalue weighted by Crippen LogP contribution is -2.32. The zero-order valence-electron chi connectivity index (χ0n) is 15.4. The molecule has 1 aliphatic heterocycles. The average Bonchev–Trinajstić information content (AvgIpc) is 3.32. The summed E-state index contributed by atoms with van der Waals surface area (Å²) < 4.78 is 43.3. The number of hydrogen-bond donors (Lipinski definition) is 1. The molecule has 146 valence electrons. The van der Waals surface area contributed by atoms with Gasteiger partial charge in [0.05, 0.1) is 12.0 Å². The highest BCUT2D eigenvalue weighted by atomic mass is 32.2. The third-order valence-corrected chi connectivity index (χ3v) is 6.73. The van der Waals surface area contributed by atoms with Crippen LogP contribution in [0.3, 0.4) is 0 Å². The highest BCUT2D eigenvalue weighted by molar-refractivity contribution is 7.89. The van der Waals surface area contributed by atoms with E-state index in [2.05, 4.69) is 10.3 Å². The molecule has 0 amide bonds. The second-order valence-corrected chi connectivity index (χ2v) is 8.83. The van der Waals surface area contributed by atoms with E-state index in [1.54, 1.807) is 29.8 Å². The van der Waals surface area contributed by atoms with Crippen molar-refractivity contribution in [3.63, 3.8) is 0 Å². The van der Waals surface area contributed by atoms with E-state index in [1.165, 1.54) is 22.9 Å². The molecule has 6 nitrogen and oxygen atoms in total. The largest absolute Gasteiger partial charge is 0.378 e. The fourth-order valence-electron chi connectivity index (χ4n) is 3.58. The van der Waals surface area contributed by atoms with E-state index in [0.29, 0.717) is 12.2 Å². The molecular weight excluding hydrogens is 379 g/mol. The summed E-state index contributed by atoms with van der Waals surface area (Å²) in [6.07, 6.45) is 2.96. The lowest BCUT2D eigenvalue weighted by atomic mass is 9.94. The Hall–Kier alpha value is -2.71. The van der Waals surface area contributed by atoms with E-state index >= 15 is 0 Å². The molecule has 1 N–H and O–H groups in total. The number of hydrogen-bond acceptors (Lipinski definition) is 4. The summed E-state index contributed by atoms with van der Waals surface area (Å²) in [5.41, 5.74) is 1.38. The number of nitrogens with zero attached hydrogens (tertiary/aromatic N) is 3. The smallest absolute Gasteiger partial charge is 0.262 e. The molecule has 0 saturated carbocycles. The lowest BCUT2D eigenvalue weighted by molar-refractivity contribution is 0.468. The third kappa shape index (κ3) is 3.53. The van der Waals surface area contributed by atoms with Gasteiger partial charge < -0.3 is 9.88 Å². The molecule has 1 fully saturated rings. The van der Waals surface area contributed by atoms with Gasteiger partial charge in [0.2, 0.25) is 0 Å². The molecule has 1 aromatic heterocycles. The van der Waals surface area contributed by atoms with Crippen molar-refractivity contribution in [1.82, 2.24) is 13.9 Å². The number of anilines is 1. The van der Waals surface area contributed by atoms with Crippen LogP contribution in [0.4, 0.5) is 10.1 Å². The first-order valence-electron chi connectivity index (χ1n) is 8.99. The number of nitrogens with one attached hydrogen (secondary N) is 1. The topological polar surface area (TPSA) is 67.2 Å². The minimum atomic E-state index is -3.73. The zero-order valence-corrected chi connectivity index (χ0v) is 16.2. The van der Waals surface area contributed by atoms with Crippen molar-refractivity contribution < 1.29 is 12.8 Å². The van der Waals surface area contributed by atoms with E-state index in [4.69, 9.17) is 0 Å². The van der Waals surface area contributed by atoms with Crippen LogP contribution in [0, 0.1) is 5.82 Å². The monoisotopic (exact) mass is 400 g/mol. The first-order chi connectivity index (χ1) is 13.4. The van der Waals surface area contributed by atoms with Crippen LogP contribution in [0.5, 0.6) is 0 Å². The number of sulfonamides is 1. The van der Waals surface area contributed by atoms with Gasteiger partial charge in [-0.1, -0.05) is 42.5 Å². The highest BCUT2D eigenvalue weighted by Gasteiger charge is 2.41. The SMILES string of the molecule is Cn1cnc(S(=O)(=O)N2CC(Nc3ccccc3F)C(c3ccccc3)C2)c1. The Balaban J connectivity index is 1.66. The molecule has 4 rings (SSSR count). The van der Waals surface area contributed by atoms with Gasteiger partial charge >= 0.3 is 0 Å². The fourth-order valence-corrected chi connectivity index (χ4v) is 5.04. The Bertz CT molecular complexity index is 1070. The molecule has 0 spiro atoms. The Kier molecular flexibility index (Phi) is 4.91. The number of aromatic nitrogens is 2. The predicted octanol–water partition coefficient (Wildman–Crippen LogP) is 2.83. The van der Waals surface area contributed by atoms with Gasteiger partial charge in [0.1, 0.15) is 5.82 Å². The molecular formula is C20H21FN4O2S. The normalized spacial score (nSPS) is 20.4. The Morgan fingerprint density at radius 2 is 1.79 bits per heavy atom. The van der Waals surface area contributed by atoms with Crippen LogP contribution in [0.25, 0.3) is 0 Å². The van der Waals surface area contributed by atoms with Gasteiger partial charge in [0.15, 0.2) is 5.03 Å². The molecule has 8 heteroatoms. The van der Waals surface area contributed by atoms with Crippen LogP contribution in [0.1, 0.15) is 11.5 Å². The van der Waals surface area contributed by atoms with Crippen molar-refractivity contribution in [2.24, 2.45) is 7.05 Å². The van der Waals surface area contributed by atoms with Crippen LogP contribution in [0.15, 0.2) is 72.1 Å². The molecule has 2 atom stereocenters. The van der Waals surface area contributed by atoms with Gasteiger partial charge in [-0.05, 0) is 17.7 Å². The van der Waals surface area contributed by atoms with Gasteiger partial charge in [0.25, 0.3) is 10.0 Å². The average molecular weight is 400 g/mol. The Labute approximate surface area is 163 Å². The lowest BCUT2D eigenvalue weighted by Gasteiger charge is -2.21. The first kappa shape index (κ1) is 18.6. The maximum absolute atomic E-state index is 14.2. The van der Waals surface area contributed by atoms with Crippen LogP contribution in [0.2, 0.25) is 0 Å². The summed E-state index contributed by atoms with van der Waals surface area (Å²) >= 11 is 0. The number of halogens is 1. The second-order valence-electron chi connectivity index (χ2n) is 6.95. The van der Waals surface area contributed by atoms with E-state index in [0.717, 1.165) is 5.56 Å². The molecule has 0 radical (unpaired) electrons. The van der Waals surface area contributed by atoms with Crippen molar-refractivity contribution in [2.45, 2.75) is 17.0 Å². The summed E-state index contributed by atoms with van der Waals surface area (Å²) in [5.74, 6) is -0.473. The number of imidazole rings is 1. The molecule has 2 aromatic carbocycles. The third-order valence-electron chi connectivity index (χ3n) is 5.01. The maximum Gasteiger partial charge on any atom is 0.262 e. The summed E-state index contributed by atoms with van der Waals surface area (Å²) in [5, 5.41) is 3.23. The van der Waals surface area contributed by atoms with Crippen LogP contribution < -0.4 is 5.32 Å². The summed E-state index contributed by atoms with van der Waals surface area (Å²) in [7, 11) is -2.00. The predicted molar refractivity (Wildman–Crippen MR) is 105 cm³/mol. The molecule has 0 aliphatic carbocycles. The molecule has 2 unspecified atom stereocenters. The van der Waals surface area contributed by atoms with Gasteiger partial charge in [0, 0.05) is 38.3 Å². The van der Waals surface area contributed by atoms with Gasteiger partial charge in [-0.25, -0.2) is 17.8 Å². The minimum Gasteiger partial charge on any atom is -0.378 e. The molecule has 1 aliphatic rings. The number of para-hydroxylation sites is 1. The summed E-state index contributed by atoms with van der Waals surface area (Å²) in [6.45, 7) is 0.530. The zero-order chi connectivity index (χ0) is 19.7. The summed E-state index contributed by atoms with van der Waals surface area (Å²) in [6, 6.07) is 15.9. The number of benzene rings is 2. The van der Waals surface area contributed by atoms with Crippen molar-refractivity contribution in [2.75, 3.05) is 18.4 Å². The highest BCUT2D eigenvalue weighted by Crippen LogP contribution is 2.33. The van der Waals surface area contributed by atoms with Crippen LogP contribution >= 0.6 is 0 Å². The van der Waals surface area contributed by atoms with Crippen molar-refractivity contribution >= 4 is 15.7 Å². The van der Waals surface area contributed by atoms with E-state index in [9.17, 15) is 12.8 Å². The van der Waals surface area contributed by atoms with E-state index in [1.807, 2.05) is 30.3 Å². The van der Waals surface area contributed by atoms with E-state index in [-0.39, 0.29) is 29.3 Å². The van der Waals surface area contributed by atoms with Crippen LogP contribution in [-0.2, 0) is 17.1 Å². The summed E-state index contributed by atoms with van der Waals surface area (Å²) in [4.78, 5) is 4.01. The van der Waals surface area contributed by atoms with Crippen molar-refractivity contribution in [1.29, 1.82) is 0 Å². The van der Waals surface area contributed by atoms with Gasteiger partial charge in [-0.3, -0.25) is 0 Å². The van der Waals surface area contributed by atoms with E-state index < -0.39 is 10.0 Å². The Morgan fingerprint density at radius 1 is 1.07 bits per heavy atom. The molecule has 0 bridgehead atoms. The molecule has 3 aromatic rings. The number of rotatable bonds is 5. The second kappa shape index (κ2) is 7.37. The van der Waals surface area contributed by atoms with Gasteiger partial charge in [-0.2, -0.15) is 4.31 Å². The fraction of sp³-hybridized carbons (Fsp3) is 0.250. The minimum absolute atomic E-state index is 0.0216. The molecule has 28 heavy (non-hydrogen) atoms. The standard InChI is InChI=1S/C20H21FN4O2S/c1-24-13-20(22-14-24)28(26,27)25-11-16(15-7-3-2-4-8-15)19(12-25)23-18-10-6-5-9-17(18)21/h2-10,13-14,16,19,23H,11-12H2,1H3. The van der Waals surface area contributed by atoms with Crippen LogP contribution in [-0.4, -0.2) is 41.4 Å². The maximum atomic E-state index is 14.2. The number of aryl methyl sites for hydroxylation is 1.